The number of carbonyl (C=O) groups excluding carboxylic acids is 1. The van der Waals surface area contributed by atoms with Gasteiger partial charge < -0.3 is 14.5 Å². The number of rotatable bonds is 10. The molecule has 8 atom stereocenters. The van der Waals surface area contributed by atoms with Crippen molar-refractivity contribution in [2.45, 2.75) is 124 Å². The van der Waals surface area contributed by atoms with E-state index in [0.29, 0.717) is 17.3 Å². The van der Waals surface area contributed by atoms with Crippen LogP contribution in [0.15, 0.2) is 11.6 Å². The van der Waals surface area contributed by atoms with Gasteiger partial charge in [-0.15, -0.1) is 0 Å². The fourth-order valence-corrected chi connectivity index (χ4v) is 10.5. The number of piperazine rings is 1. The van der Waals surface area contributed by atoms with Gasteiger partial charge in [-0.1, -0.05) is 65.5 Å². The van der Waals surface area contributed by atoms with Gasteiger partial charge in [0.05, 0.1) is 6.42 Å². The van der Waals surface area contributed by atoms with Crippen molar-refractivity contribution in [3.05, 3.63) is 11.6 Å². The Morgan fingerprint density at radius 3 is 2.55 bits per heavy atom. The predicted molar refractivity (Wildman–Crippen MR) is 166 cm³/mol. The highest BCUT2D eigenvalue weighted by molar-refractivity contribution is 5.69. The van der Waals surface area contributed by atoms with E-state index in [2.05, 4.69) is 57.5 Å². The number of likely N-dealkylation sites (N-methyl/N-ethyl adjacent to an activating group) is 1. The lowest BCUT2D eigenvalue weighted by molar-refractivity contribution is -0.152. The molecule has 0 N–H and O–H groups in total. The van der Waals surface area contributed by atoms with E-state index in [1.54, 1.807) is 5.57 Å². The van der Waals surface area contributed by atoms with Crippen LogP contribution < -0.4 is 0 Å². The molecule has 1 saturated heterocycles. The van der Waals surface area contributed by atoms with Crippen LogP contribution in [0, 0.1) is 46.3 Å². The SMILES string of the molecule is CC[C@H](CCC[C@H]1CC[C@H]2[C@@H]3CC=C4C[C@@H](OC(=O)CCN5CCN(C)CC5)CC[C@]4(C)[C@H]3CC[C@]12C)C(C)C. The second-order valence-electron chi connectivity index (χ2n) is 15.7. The van der Waals surface area contributed by atoms with E-state index in [1.165, 1.54) is 64.2 Å². The third-order valence-corrected chi connectivity index (χ3v) is 13.4. The molecule has 0 amide bonds. The Bertz CT molecular complexity index is 891. The quantitative estimate of drug-likeness (QED) is 0.202. The molecular formula is C36H62N2O2. The number of hydrogen-bond donors (Lipinski definition) is 0. The zero-order valence-electron chi connectivity index (χ0n) is 27.1. The largest absolute Gasteiger partial charge is 0.462 e. The Morgan fingerprint density at radius 1 is 1.05 bits per heavy atom. The number of fused-ring (bicyclic) bond motifs is 5. The third kappa shape index (κ3) is 6.24. The summed E-state index contributed by atoms with van der Waals surface area (Å²) in [5.41, 5.74) is 2.53. The van der Waals surface area contributed by atoms with Gasteiger partial charge >= 0.3 is 5.97 Å². The van der Waals surface area contributed by atoms with Gasteiger partial charge in [-0.25, -0.2) is 0 Å². The first kappa shape index (κ1) is 30.6. The summed E-state index contributed by atoms with van der Waals surface area (Å²) in [5.74, 6) is 5.34. The molecular weight excluding hydrogens is 492 g/mol. The average Bonchev–Trinajstić information content (AvgIpc) is 3.27. The summed E-state index contributed by atoms with van der Waals surface area (Å²) in [7, 11) is 2.18. The fourth-order valence-electron chi connectivity index (χ4n) is 10.5. The average molecular weight is 555 g/mol. The molecule has 5 aliphatic rings. The highest BCUT2D eigenvalue weighted by Crippen LogP contribution is 2.66. The Hall–Kier alpha value is -0.870. The molecule has 4 nitrogen and oxygen atoms in total. The molecule has 1 heterocycles. The van der Waals surface area contributed by atoms with Gasteiger partial charge in [-0.2, -0.15) is 0 Å². The van der Waals surface area contributed by atoms with E-state index < -0.39 is 0 Å². The number of hydrogen-bond acceptors (Lipinski definition) is 4. The van der Waals surface area contributed by atoms with Crippen LogP contribution in [-0.2, 0) is 9.53 Å². The summed E-state index contributed by atoms with van der Waals surface area (Å²) in [4.78, 5) is 17.5. The number of carbonyl (C=O) groups is 1. The standard InChI is InChI=1S/C36H62N2O2/c1-7-27(26(2)3)9-8-10-28-12-14-32-31-13-11-29-25-30(15-18-36(29,5)33(31)16-19-35(28,32)4)40-34(39)17-20-38-23-21-37(6)22-24-38/h11,26-28,30-33H,7-10,12-25H2,1-6H3/t27-,28+,30+,31+,32+,33+,35-,36+/m1/s1. The molecule has 0 radical (unpaired) electrons. The maximum absolute atomic E-state index is 12.8. The van der Waals surface area contributed by atoms with Crippen LogP contribution in [0.4, 0.5) is 0 Å². The van der Waals surface area contributed by atoms with E-state index in [-0.39, 0.29) is 12.1 Å². The van der Waals surface area contributed by atoms with Crippen molar-refractivity contribution < 1.29 is 9.53 Å². The minimum Gasteiger partial charge on any atom is -0.462 e. The van der Waals surface area contributed by atoms with Gasteiger partial charge in [-0.05, 0) is 105 Å². The minimum atomic E-state index is 0.0194. The summed E-state index contributed by atoms with van der Waals surface area (Å²) < 4.78 is 6.09. The van der Waals surface area contributed by atoms with Crippen LogP contribution in [0.3, 0.4) is 0 Å². The van der Waals surface area contributed by atoms with E-state index in [0.717, 1.165) is 81.1 Å². The van der Waals surface area contributed by atoms with Crippen LogP contribution in [-0.4, -0.2) is 61.6 Å². The van der Waals surface area contributed by atoms with Crippen molar-refractivity contribution in [2.24, 2.45) is 46.3 Å². The van der Waals surface area contributed by atoms with Crippen molar-refractivity contribution in [1.82, 2.24) is 9.80 Å². The molecule has 4 aliphatic carbocycles. The lowest BCUT2D eigenvalue weighted by Gasteiger charge is -2.58. The molecule has 5 rings (SSSR count). The van der Waals surface area contributed by atoms with Crippen LogP contribution in [0.2, 0.25) is 0 Å². The molecule has 3 saturated carbocycles. The molecule has 0 spiro atoms. The van der Waals surface area contributed by atoms with E-state index in [4.69, 9.17) is 4.74 Å². The second-order valence-corrected chi connectivity index (χ2v) is 15.7. The Kier molecular flexibility index (Phi) is 9.77. The molecule has 4 fully saturated rings. The van der Waals surface area contributed by atoms with E-state index in [1.807, 2.05) is 0 Å². The Labute approximate surface area is 247 Å². The number of nitrogens with zero attached hydrogens (tertiary/aromatic N) is 2. The summed E-state index contributed by atoms with van der Waals surface area (Å²) in [6.07, 6.45) is 19.3. The molecule has 228 valence electrons. The van der Waals surface area contributed by atoms with Gasteiger partial charge in [0.1, 0.15) is 6.10 Å². The van der Waals surface area contributed by atoms with Crippen LogP contribution in [0.5, 0.6) is 0 Å². The van der Waals surface area contributed by atoms with Gasteiger partial charge in [0.25, 0.3) is 0 Å². The molecule has 0 aromatic carbocycles. The fraction of sp³-hybridized carbons (Fsp3) is 0.917. The number of esters is 1. The monoisotopic (exact) mass is 554 g/mol. The van der Waals surface area contributed by atoms with Crippen LogP contribution in [0.1, 0.15) is 118 Å². The molecule has 1 aliphatic heterocycles. The van der Waals surface area contributed by atoms with Crippen LogP contribution in [0.25, 0.3) is 0 Å². The van der Waals surface area contributed by atoms with Crippen molar-refractivity contribution in [2.75, 3.05) is 39.8 Å². The minimum absolute atomic E-state index is 0.0194. The lowest BCUT2D eigenvalue weighted by atomic mass is 9.47. The van der Waals surface area contributed by atoms with E-state index >= 15 is 0 Å². The number of allylic oxidation sites excluding steroid dienone is 1. The van der Waals surface area contributed by atoms with Gasteiger partial charge in [0.15, 0.2) is 0 Å². The molecule has 0 aromatic heterocycles. The molecule has 0 aromatic rings. The van der Waals surface area contributed by atoms with E-state index in [9.17, 15) is 4.79 Å². The summed E-state index contributed by atoms with van der Waals surface area (Å²) in [5, 5.41) is 0. The van der Waals surface area contributed by atoms with Gasteiger partial charge in [-0.3, -0.25) is 4.79 Å². The van der Waals surface area contributed by atoms with Crippen molar-refractivity contribution in [1.29, 1.82) is 0 Å². The zero-order valence-corrected chi connectivity index (χ0v) is 27.1. The summed E-state index contributed by atoms with van der Waals surface area (Å²) in [6.45, 7) is 17.7. The molecule has 4 heteroatoms. The predicted octanol–water partition coefficient (Wildman–Crippen LogP) is 7.97. The molecule has 0 bridgehead atoms. The Balaban J connectivity index is 1.14. The van der Waals surface area contributed by atoms with Gasteiger partial charge in [0, 0.05) is 39.1 Å². The number of ether oxygens (including phenoxy) is 1. The summed E-state index contributed by atoms with van der Waals surface area (Å²) >= 11 is 0. The van der Waals surface area contributed by atoms with Gasteiger partial charge in [0.2, 0.25) is 0 Å². The second kappa shape index (κ2) is 12.8. The maximum atomic E-state index is 12.8. The lowest BCUT2D eigenvalue weighted by Crippen LogP contribution is -2.50. The zero-order chi connectivity index (χ0) is 28.5. The Morgan fingerprint density at radius 2 is 1.82 bits per heavy atom. The molecule has 40 heavy (non-hydrogen) atoms. The maximum Gasteiger partial charge on any atom is 0.307 e. The topological polar surface area (TPSA) is 32.8 Å². The summed E-state index contributed by atoms with van der Waals surface area (Å²) in [6, 6.07) is 0. The first-order valence-electron chi connectivity index (χ1n) is 17.4. The van der Waals surface area contributed by atoms with Crippen LogP contribution >= 0.6 is 0 Å². The first-order chi connectivity index (χ1) is 19.1. The molecule has 0 unspecified atom stereocenters. The first-order valence-corrected chi connectivity index (χ1v) is 17.4. The highest BCUT2D eigenvalue weighted by Gasteiger charge is 2.58. The van der Waals surface area contributed by atoms with Crippen molar-refractivity contribution >= 4 is 5.97 Å². The smallest absolute Gasteiger partial charge is 0.307 e. The normalized spacial score (nSPS) is 39.3. The third-order valence-electron chi connectivity index (χ3n) is 13.4. The van der Waals surface area contributed by atoms with Crippen molar-refractivity contribution in [3.8, 4) is 0 Å². The van der Waals surface area contributed by atoms with Crippen molar-refractivity contribution in [3.63, 3.8) is 0 Å². The highest BCUT2D eigenvalue weighted by atomic mass is 16.5.